The van der Waals surface area contributed by atoms with E-state index in [0.717, 1.165) is 30.9 Å². The molecule has 0 radical (unpaired) electrons. The lowest BCUT2D eigenvalue weighted by molar-refractivity contribution is 0.682. The summed E-state index contributed by atoms with van der Waals surface area (Å²) in [5.41, 5.74) is 1.15. The molecule has 13 heavy (non-hydrogen) atoms. The zero-order valence-electron chi connectivity index (χ0n) is 8.25. The van der Waals surface area contributed by atoms with Gasteiger partial charge in [0.2, 0.25) is 0 Å². The lowest BCUT2D eigenvalue weighted by Crippen LogP contribution is -2.20. The van der Waals surface area contributed by atoms with Crippen LogP contribution >= 0.6 is 0 Å². The second-order valence-electron chi connectivity index (χ2n) is 3.24. The molecule has 0 saturated carbocycles. The lowest BCUT2D eigenvalue weighted by atomic mass is 10.3. The molecule has 1 aromatic heterocycles. The zero-order valence-corrected chi connectivity index (χ0v) is 8.25. The number of aromatic nitrogens is 3. The second kappa shape index (κ2) is 4.77. The van der Waals surface area contributed by atoms with Crippen LogP contribution in [0.5, 0.6) is 0 Å². The molecule has 72 valence electrons. The van der Waals surface area contributed by atoms with Crippen molar-refractivity contribution in [2.75, 3.05) is 13.1 Å². The number of hydrogen-bond donors (Lipinski definition) is 1. The van der Waals surface area contributed by atoms with Crippen LogP contribution in [0.25, 0.3) is 0 Å². The highest BCUT2D eigenvalue weighted by atomic mass is 15.2. The number of rotatable bonds is 5. The van der Waals surface area contributed by atoms with Crippen LogP contribution in [0.1, 0.15) is 12.7 Å². The minimum Gasteiger partial charge on any atom is -0.321 e. The molecule has 0 aromatic carbocycles. The van der Waals surface area contributed by atoms with Crippen LogP contribution in [0.2, 0.25) is 0 Å². The van der Waals surface area contributed by atoms with E-state index in [-0.39, 0.29) is 0 Å². The third-order valence-electron chi connectivity index (χ3n) is 1.76. The van der Waals surface area contributed by atoms with Gasteiger partial charge in [-0.25, -0.2) is 0 Å². The normalized spacial score (nSPS) is 10.3. The van der Waals surface area contributed by atoms with E-state index in [0.29, 0.717) is 0 Å². The van der Waals surface area contributed by atoms with Gasteiger partial charge in [-0.2, -0.15) is 0 Å². The smallest absolute Gasteiger partial charge is 0.133 e. The van der Waals surface area contributed by atoms with Crippen molar-refractivity contribution in [2.45, 2.75) is 13.3 Å². The quantitative estimate of drug-likeness (QED) is 0.530. The Labute approximate surface area is 78.7 Å². The van der Waals surface area contributed by atoms with E-state index in [1.165, 1.54) is 0 Å². The fourth-order valence-corrected chi connectivity index (χ4v) is 1.04. The average molecular weight is 180 g/mol. The first-order chi connectivity index (χ1) is 6.20. The maximum Gasteiger partial charge on any atom is 0.133 e. The summed E-state index contributed by atoms with van der Waals surface area (Å²) >= 11 is 0. The molecule has 0 fully saturated rings. The van der Waals surface area contributed by atoms with Gasteiger partial charge in [0.05, 0.1) is 0 Å². The molecule has 1 heterocycles. The van der Waals surface area contributed by atoms with Gasteiger partial charge in [-0.15, -0.1) is 10.2 Å². The van der Waals surface area contributed by atoms with E-state index in [9.17, 15) is 0 Å². The Morgan fingerprint density at radius 3 is 3.00 bits per heavy atom. The minimum atomic E-state index is 0.873. The fourth-order valence-electron chi connectivity index (χ4n) is 1.04. The largest absolute Gasteiger partial charge is 0.321 e. The van der Waals surface area contributed by atoms with Gasteiger partial charge in [0.15, 0.2) is 0 Å². The van der Waals surface area contributed by atoms with Crippen LogP contribution in [0, 0.1) is 0 Å². The highest BCUT2D eigenvalue weighted by Crippen LogP contribution is 1.91. The summed E-state index contributed by atoms with van der Waals surface area (Å²) in [4.78, 5) is 0. The standard InChI is InChI=1S/C9H16N4/c1-8(2)6-10-5-4-9-12-11-7-13(9)3/h7,10H,1,4-6H2,2-3H3. The molecular formula is C9H16N4. The van der Waals surface area contributed by atoms with Crippen molar-refractivity contribution in [3.63, 3.8) is 0 Å². The molecule has 0 aliphatic heterocycles. The lowest BCUT2D eigenvalue weighted by Gasteiger charge is -2.03. The molecule has 1 N–H and O–H groups in total. The molecule has 0 amide bonds. The molecular weight excluding hydrogens is 164 g/mol. The van der Waals surface area contributed by atoms with Crippen molar-refractivity contribution >= 4 is 0 Å². The van der Waals surface area contributed by atoms with E-state index in [1.54, 1.807) is 6.33 Å². The Morgan fingerprint density at radius 1 is 1.69 bits per heavy atom. The molecule has 0 aliphatic carbocycles. The van der Waals surface area contributed by atoms with Crippen LogP contribution in [0.15, 0.2) is 18.5 Å². The van der Waals surface area contributed by atoms with Crippen LogP contribution < -0.4 is 5.32 Å². The predicted molar refractivity (Wildman–Crippen MR) is 52.4 cm³/mol. The number of nitrogens with one attached hydrogen (secondary N) is 1. The van der Waals surface area contributed by atoms with E-state index in [1.807, 2.05) is 18.5 Å². The molecule has 1 aromatic rings. The van der Waals surface area contributed by atoms with Crippen molar-refractivity contribution in [2.24, 2.45) is 7.05 Å². The first-order valence-corrected chi connectivity index (χ1v) is 4.38. The van der Waals surface area contributed by atoms with Crippen molar-refractivity contribution in [3.8, 4) is 0 Å². The molecule has 4 nitrogen and oxygen atoms in total. The summed E-state index contributed by atoms with van der Waals surface area (Å²) in [5.74, 6) is 1.01. The number of hydrogen-bond acceptors (Lipinski definition) is 3. The predicted octanol–water partition coefficient (Wildman–Crippen LogP) is 0.523. The maximum atomic E-state index is 3.98. The van der Waals surface area contributed by atoms with Gasteiger partial charge < -0.3 is 9.88 Å². The summed E-state index contributed by atoms with van der Waals surface area (Å²) in [6.45, 7) is 7.61. The van der Waals surface area contributed by atoms with Gasteiger partial charge >= 0.3 is 0 Å². The van der Waals surface area contributed by atoms with Gasteiger partial charge in [-0.1, -0.05) is 12.2 Å². The van der Waals surface area contributed by atoms with Crippen molar-refractivity contribution in [1.82, 2.24) is 20.1 Å². The Hall–Kier alpha value is -1.16. The Bertz CT molecular complexity index is 277. The summed E-state index contributed by atoms with van der Waals surface area (Å²) in [7, 11) is 1.95. The van der Waals surface area contributed by atoms with Gasteiger partial charge in [0.25, 0.3) is 0 Å². The first kappa shape index (κ1) is 9.92. The summed E-state index contributed by atoms with van der Waals surface area (Å²) in [6, 6.07) is 0. The fraction of sp³-hybridized carbons (Fsp3) is 0.556. The molecule has 0 spiro atoms. The van der Waals surface area contributed by atoms with Crippen LogP contribution in [-0.4, -0.2) is 27.9 Å². The van der Waals surface area contributed by atoms with Gasteiger partial charge in [-0.3, -0.25) is 0 Å². The van der Waals surface area contributed by atoms with Crippen LogP contribution in [0.4, 0.5) is 0 Å². The van der Waals surface area contributed by atoms with Crippen molar-refractivity contribution in [1.29, 1.82) is 0 Å². The van der Waals surface area contributed by atoms with Crippen molar-refractivity contribution in [3.05, 3.63) is 24.3 Å². The molecule has 4 heteroatoms. The average Bonchev–Trinajstić information content (AvgIpc) is 2.45. The molecule has 0 bridgehead atoms. The Morgan fingerprint density at radius 2 is 2.46 bits per heavy atom. The molecule has 0 saturated heterocycles. The first-order valence-electron chi connectivity index (χ1n) is 4.38. The van der Waals surface area contributed by atoms with E-state index < -0.39 is 0 Å². The summed E-state index contributed by atoms with van der Waals surface area (Å²) in [5, 5.41) is 11.1. The Balaban J connectivity index is 2.20. The van der Waals surface area contributed by atoms with E-state index in [4.69, 9.17) is 0 Å². The summed E-state index contributed by atoms with van der Waals surface area (Å²) < 4.78 is 1.93. The Kier molecular flexibility index (Phi) is 3.64. The number of nitrogens with zero attached hydrogens (tertiary/aromatic N) is 3. The van der Waals surface area contributed by atoms with E-state index in [2.05, 4.69) is 22.1 Å². The SMILES string of the molecule is C=C(C)CNCCc1nncn1C. The molecule has 0 unspecified atom stereocenters. The van der Waals surface area contributed by atoms with E-state index >= 15 is 0 Å². The third-order valence-corrected chi connectivity index (χ3v) is 1.76. The number of aryl methyl sites for hydroxylation is 1. The highest BCUT2D eigenvalue weighted by Gasteiger charge is 1.98. The summed E-state index contributed by atoms with van der Waals surface area (Å²) in [6.07, 6.45) is 2.62. The van der Waals surface area contributed by atoms with Crippen LogP contribution in [0.3, 0.4) is 0 Å². The highest BCUT2D eigenvalue weighted by molar-refractivity contribution is 4.91. The maximum absolute atomic E-state index is 3.98. The van der Waals surface area contributed by atoms with Gasteiger partial charge in [0.1, 0.15) is 12.2 Å². The monoisotopic (exact) mass is 180 g/mol. The van der Waals surface area contributed by atoms with Gasteiger partial charge in [0, 0.05) is 26.6 Å². The third kappa shape index (κ3) is 3.38. The minimum absolute atomic E-state index is 0.873. The van der Waals surface area contributed by atoms with Gasteiger partial charge in [-0.05, 0) is 6.92 Å². The second-order valence-corrected chi connectivity index (χ2v) is 3.24. The topological polar surface area (TPSA) is 42.7 Å². The molecule has 0 atom stereocenters. The van der Waals surface area contributed by atoms with Crippen LogP contribution in [-0.2, 0) is 13.5 Å². The zero-order chi connectivity index (χ0) is 9.68. The molecule has 0 aliphatic rings. The molecule has 1 rings (SSSR count). The van der Waals surface area contributed by atoms with Crippen molar-refractivity contribution < 1.29 is 0 Å².